The van der Waals surface area contributed by atoms with E-state index in [0.29, 0.717) is 5.56 Å². The van der Waals surface area contributed by atoms with Gasteiger partial charge < -0.3 is 0 Å². The maximum absolute atomic E-state index is 13.7. The van der Waals surface area contributed by atoms with E-state index in [1.54, 1.807) is 16.7 Å². The number of fused-ring (bicyclic) bond motifs is 1. The normalized spacial score (nSPS) is 14.7. The lowest BCUT2D eigenvalue weighted by Gasteiger charge is -2.16. The van der Waals surface area contributed by atoms with Crippen LogP contribution in [0.15, 0.2) is 35.1 Å². The predicted octanol–water partition coefficient (Wildman–Crippen LogP) is 5.04. The Balaban J connectivity index is 2.08. The van der Waals surface area contributed by atoms with Crippen LogP contribution in [0.1, 0.15) is 36.9 Å². The molecule has 8 heteroatoms. The number of nitrogens with zero attached hydrogens (tertiary/aromatic N) is 2. The number of H-pyrrole nitrogens is 1. The van der Waals surface area contributed by atoms with Crippen LogP contribution < -0.4 is 5.56 Å². The maximum Gasteiger partial charge on any atom is 0.417 e. The lowest BCUT2D eigenvalue weighted by atomic mass is 10.0. The lowest BCUT2D eigenvalue weighted by Crippen LogP contribution is -2.20. The van der Waals surface area contributed by atoms with Crippen LogP contribution in [0, 0.1) is 4.77 Å². The molecule has 0 spiro atoms. The molecule has 1 N–H and O–H groups in total. The van der Waals surface area contributed by atoms with Crippen LogP contribution in [0.25, 0.3) is 22.3 Å². The van der Waals surface area contributed by atoms with Crippen molar-refractivity contribution >= 4 is 23.3 Å². The van der Waals surface area contributed by atoms with Crippen molar-refractivity contribution in [3.05, 3.63) is 56.6 Å². The molecule has 3 aromatic rings. The number of halogens is 3. The number of aryl methyl sites for hydroxylation is 1. The van der Waals surface area contributed by atoms with Crippen molar-refractivity contribution in [2.24, 2.45) is 0 Å². The van der Waals surface area contributed by atoms with E-state index in [0.717, 1.165) is 30.9 Å². The second kappa shape index (κ2) is 6.30. The first kappa shape index (κ1) is 17.9. The van der Waals surface area contributed by atoms with Gasteiger partial charge in [0.2, 0.25) is 0 Å². The van der Waals surface area contributed by atoms with Crippen LogP contribution in [0.2, 0.25) is 0 Å². The van der Waals surface area contributed by atoms with Gasteiger partial charge in [0.25, 0.3) is 5.56 Å². The quantitative estimate of drug-likeness (QED) is 0.637. The number of rotatable bonds is 3. The summed E-state index contributed by atoms with van der Waals surface area (Å²) in [5, 5.41) is -0.461. The molecule has 0 saturated heterocycles. The van der Waals surface area contributed by atoms with Gasteiger partial charge in [-0.05, 0) is 43.1 Å². The second-order valence-corrected chi connectivity index (χ2v) is 7.05. The minimum Gasteiger partial charge on any atom is -0.299 e. The number of hydrogen-bond donors (Lipinski definition) is 1. The Morgan fingerprint density at radius 1 is 1.26 bits per heavy atom. The number of pyridine rings is 1. The molecule has 1 aromatic carbocycles. The molecule has 2 aromatic heterocycles. The molecule has 4 rings (SSSR count). The van der Waals surface area contributed by atoms with Crippen molar-refractivity contribution in [2.75, 3.05) is 0 Å². The van der Waals surface area contributed by atoms with E-state index in [2.05, 4.69) is 9.97 Å². The average Bonchev–Trinajstić information content (AvgIpc) is 3.45. The number of nitrogens with one attached hydrogen (secondary N) is 1. The molecule has 1 aliphatic rings. The van der Waals surface area contributed by atoms with E-state index in [-0.39, 0.29) is 22.2 Å². The molecule has 1 fully saturated rings. The van der Waals surface area contributed by atoms with E-state index in [1.165, 1.54) is 0 Å². The molecule has 0 amide bonds. The molecule has 0 aliphatic heterocycles. The van der Waals surface area contributed by atoms with Gasteiger partial charge in [-0.1, -0.05) is 31.2 Å². The van der Waals surface area contributed by atoms with Gasteiger partial charge >= 0.3 is 6.18 Å². The van der Waals surface area contributed by atoms with Crippen molar-refractivity contribution in [1.82, 2.24) is 14.5 Å². The molecule has 0 radical (unpaired) electrons. The first-order valence-corrected chi connectivity index (χ1v) is 9.06. The summed E-state index contributed by atoms with van der Waals surface area (Å²) in [7, 11) is 0. The highest BCUT2D eigenvalue weighted by Crippen LogP contribution is 2.40. The number of aromatic nitrogens is 3. The third-order valence-electron chi connectivity index (χ3n) is 4.77. The van der Waals surface area contributed by atoms with Crippen LogP contribution in [0.4, 0.5) is 13.2 Å². The third-order valence-corrected chi connectivity index (χ3v) is 5.07. The standard InChI is InChI=1S/C19H16F3N3OS/c1-2-10-3-5-11(6-4-10)14-9-13(19(20,21)22)15-16(23-14)25(12-7-8-12)18(27)24-17(15)26/h3-6,9,12H,2,7-8H2,1H3,(H,24,26,27). The number of aromatic amines is 1. The maximum atomic E-state index is 13.7. The minimum absolute atomic E-state index is 0.00403. The van der Waals surface area contributed by atoms with Gasteiger partial charge in [0, 0.05) is 11.6 Å². The Bertz CT molecular complexity index is 1140. The molecule has 0 bridgehead atoms. The Hall–Kier alpha value is -2.48. The number of hydrogen-bond acceptors (Lipinski definition) is 3. The Morgan fingerprint density at radius 2 is 1.93 bits per heavy atom. The molecule has 2 heterocycles. The van der Waals surface area contributed by atoms with Gasteiger partial charge in [0.05, 0.1) is 16.6 Å². The summed E-state index contributed by atoms with van der Waals surface area (Å²) in [6.45, 7) is 2.00. The molecule has 4 nitrogen and oxygen atoms in total. The number of benzene rings is 1. The minimum atomic E-state index is -4.68. The summed E-state index contributed by atoms with van der Waals surface area (Å²) in [5.41, 5.74) is -0.0455. The fourth-order valence-corrected chi connectivity index (χ4v) is 3.53. The van der Waals surface area contributed by atoms with E-state index in [9.17, 15) is 18.0 Å². The van der Waals surface area contributed by atoms with Gasteiger partial charge in [0.1, 0.15) is 5.65 Å². The smallest absolute Gasteiger partial charge is 0.299 e. The second-order valence-electron chi connectivity index (χ2n) is 6.66. The monoisotopic (exact) mass is 391 g/mol. The average molecular weight is 391 g/mol. The van der Waals surface area contributed by atoms with Gasteiger partial charge in [0.15, 0.2) is 4.77 Å². The van der Waals surface area contributed by atoms with Crippen molar-refractivity contribution < 1.29 is 13.2 Å². The van der Waals surface area contributed by atoms with Gasteiger partial charge in [-0.2, -0.15) is 13.2 Å². The summed E-state index contributed by atoms with van der Waals surface area (Å²) < 4.78 is 42.9. The Kier molecular flexibility index (Phi) is 4.18. The molecular formula is C19H16F3N3OS. The largest absolute Gasteiger partial charge is 0.417 e. The van der Waals surface area contributed by atoms with Crippen LogP contribution in [-0.4, -0.2) is 14.5 Å². The third kappa shape index (κ3) is 3.18. The molecular weight excluding hydrogens is 375 g/mol. The number of alkyl halides is 3. The molecule has 1 aliphatic carbocycles. The van der Waals surface area contributed by atoms with Gasteiger partial charge in [-0.3, -0.25) is 14.3 Å². The summed E-state index contributed by atoms with van der Waals surface area (Å²) >= 11 is 5.20. The fourth-order valence-electron chi connectivity index (χ4n) is 3.20. The van der Waals surface area contributed by atoms with Crippen molar-refractivity contribution in [3.8, 4) is 11.3 Å². The zero-order valence-corrected chi connectivity index (χ0v) is 15.2. The highest BCUT2D eigenvalue weighted by atomic mass is 32.1. The van der Waals surface area contributed by atoms with E-state index in [1.807, 2.05) is 19.1 Å². The fraction of sp³-hybridized carbons (Fsp3) is 0.316. The first-order valence-electron chi connectivity index (χ1n) is 8.65. The van der Waals surface area contributed by atoms with Crippen LogP contribution in [0.5, 0.6) is 0 Å². The molecule has 1 saturated carbocycles. The predicted molar refractivity (Wildman–Crippen MR) is 99.3 cm³/mol. The molecule has 0 atom stereocenters. The Morgan fingerprint density at radius 3 is 2.48 bits per heavy atom. The zero-order chi connectivity index (χ0) is 19.3. The van der Waals surface area contributed by atoms with Crippen molar-refractivity contribution in [2.45, 2.75) is 38.4 Å². The van der Waals surface area contributed by atoms with Gasteiger partial charge in [-0.15, -0.1) is 0 Å². The van der Waals surface area contributed by atoms with Crippen molar-refractivity contribution in [3.63, 3.8) is 0 Å². The summed E-state index contributed by atoms with van der Waals surface area (Å²) in [4.78, 5) is 19.1. The summed E-state index contributed by atoms with van der Waals surface area (Å²) in [6.07, 6.45) is -2.26. The molecule has 0 unspecified atom stereocenters. The summed E-state index contributed by atoms with van der Waals surface area (Å²) in [5.74, 6) is 0. The van der Waals surface area contributed by atoms with E-state index >= 15 is 0 Å². The zero-order valence-electron chi connectivity index (χ0n) is 14.4. The SMILES string of the molecule is CCc1ccc(-c2cc(C(F)(F)F)c3c(=O)[nH]c(=S)n(C4CC4)c3n2)cc1. The van der Waals surface area contributed by atoms with Crippen molar-refractivity contribution in [1.29, 1.82) is 0 Å². The highest BCUT2D eigenvalue weighted by molar-refractivity contribution is 7.71. The summed E-state index contributed by atoms with van der Waals surface area (Å²) in [6, 6.07) is 8.13. The molecule has 140 valence electrons. The van der Waals surface area contributed by atoms with Crippen LogP contribution in [-0.2, 0) is 12.6 Å². The van der Waals surface area contributed by atoms with E-state index < -0.39 is 22.7 Å². The van der Waals surface area contributed by atoms with Crippen LogP contribution in [0.3, 0.4) is 0 Å². The van der Waals surface area contributed by atoms with Crippen LogP contribution >= 0.6 is 12.2 Å². The highest BCUT2D eigenvalue weighted by Gasteiger charge is 2.36. The Labute approximate surface area is 157 Å². The topological polar surface area (TPSA) is 50.7 Å². The molecule has 27 heavy (non-hydrogen) atoms. The van der Waals surface area contributed by atoms with Gasteiger partial charge in [-0.25, -0.2) is 4.98 Å². The van der Waals surface area contributed by atoms with E-state index in [4.69, 9.17) is 12.2 Å². The lowest BCUT2D eigenvalue weighted by molar-refractivity contribution is -0.136. The first-order chi connectivity index (χ1) is 12.8.